The summed E-state index contributed by atoms with van der Waals surface area (Å²) in [6, 6.07) is 8.99. The number of hydrogen-bond acceptors (Lipinski definition) is 4. The van der Waals surface area contributed by atoms with Gasteiger partial charge in [-0.15, -0.1) is 0 Å². The number of urea groups is 1. The first-order valence-electron chi connectivity index (χ1n) is 7.66. The molecule has 1 aliphatic rings. The Hall–Kier alpha value is -2.02. The highest BCUT2D eigenvalue weighted by Crippen LogP contribution is 2.23. The van der Waals surface area contributed by atoms with Crippen LogP contribution in [0.5, 0.6) is 0 Å². The van der Waals surface area contributed by atoms with Crippen molar-refractivity contribution in [3.8, 4) is 0 Å². The molecule has 2 heterocycles. The summed E-state index contributed by atoms with van der Waals surface area (Å²) in [6.07, 6.45) is 0.613. The van der Waals surface area contributed by atoms with Gasteiger partial charge in [0.2, 0.25) is 0 Å². The second-order valence-corrected chi connectivity index (χ2v) is 8.26. The zero-order valence-electron chi connectivity index (χ0n) is 12.9. The monoisotopic (exact) mass is 336 g/mol. The zero-order valence-corrected chi connectivity index (χ0v) is 13.7. The van der Waals surface area contributed by atoms with Gasteiger partial charge in [-0.1, -0.05) is 18.2 Å². The quantitative estimate of drug-likeness (QED) is 0.896. The fraction of sp³-hybridized carbons (Fsp3) is 0.438. The lowest BCUT2D eigenvalue weighted by molar-refractivity contribution is 0.235. The molecule has 2 atom stereocenters. The lowest BCUT2D eigenvalue weighted by Gasteiger charge is -2.14. The van der Waals surface area contributed by atoms with Gasteiger partial charge in [0, 0.05) is 11.9 Å². The molecule has 23 heavy (non-hydrogen) atoms. The fourth-order valence-electron chi connectivity index (χ4n) is 2.80. The molecule has 2 N–H and O–H groups in total. The van der Waals surface area contributed by atoms with E-state index in [1.807, 2.05) is 37.3 Å². The molecule has 0 spiro atoms. The molecule has 0 radical (unpaired) electrons. The fourth-order valence-corrected chi connectivity index (χ4v) is 4.67. The van der Waals surface area contributed by atoms with Gasteiger partial charge in [0.25, 0.3) is 0 Å². The van der Waals surface area contributed by atoms with Gasteiger partial charge in [-0.05, 0) is 31.4 Å². The van der Waals surface area contributed by atoms with E-state index in [0.29, 0.717) is 18.7 Å². The van der Waals surface area contributed by atoms with E-state index < -0.39 is 9.84 Å². The molecule has 6 nitrogen and oxygen atoms in total. The SMILES string of the molecule is C[C@H](NC(=O)NC[C@H]1CCS(=O)(=O)C1)c1cc2ccccc2o1. The molecule has 7 heteroatoms. The molecule has 0 saturated carbocycles. The van der Waals surface area contributed by atoms with Crippen molar-refractivity contribution in [2.45, 2.75) is 19.4 Å². The average molecular weight is 336 g/mol. The van der Waals surface area contributed by atoms with Crippen molar-refractivity contribution in [1.82, 2.24) is 10.6 Å². The summed E-state index contributed by atoms with van der Waals surface area (Å²) in [6.45, 7) is 2.22. The van der Waals surface area contributed by atoms with Crippen molar-refractivity contribution < 1.29 is 17.6 Å². The van der Waals surface area contributed by atoms with Crippen LogP contribution in [0.2, 0.25) is 0 Å². The number of hydrogen-bond donors (Lipinski definition) is 2. The molecule has 2 aromatic rings. The van der Waals surface area contributed by atoms with Crippen molar-refractivity contribution in [2.24, 2.45) is 5.92 Å². The first-order valence-corrected chi connectivity index (χ1v) is 9.48. The predicted octanol–water partition coefficient (Wildman–Crippen LogP) is 2.23. The van der Waals surface area contributed by atoms with Crippen LogP contribution in [-0.4, -0.2) is 32.5 Å². The normalized spacial score (nSPS) is 21.2. The van der Waals surface area contributed by atoms with E-state index >= 15 is 0 Å². The summed E-state index contributed by atoms with van der Waals surface area (Å²) < 4.78 is 28.5. The van der Waals surface area contributed by atoms with Gasteiger partial charge in [-0.3, -0.25) is 0 Å². The minimum Gasteiger partial charge on any atom is -0.459 e. The molecule has 0 bridgehead atoms. The van der Waals surface area contributed by atoms with Crippen LogP contribution in [0.15, 0.2) is 34.7 Å². The van der Waals surface area contributed by atoms with Gasteiger partial charge in [0.1, 0.15) is 11.3 Å². The van der Waals surface area contributed by atoms with Crippen LogP contribution in [0.1, 0.15) is 25.1 Å². The number of carbonyl (C=O) groups excluding carboxylic acids is 1. The highest BCUT2D eigenvalue weighted by molar-refractivity contribution is 7.91. The molecule has 0 aliphatic carbocycles. The van der Waals surface area contributed by atoms with Crippen molar-refractivity contribution in [3.05, 3.63) is 36.1 Å². The lowest BCUT2D eigenvalue weighted by atomic mass is 10.1. The molecule has 1 aliphatic heterocycles. The summed E-state index contributed by atoms with van der Waals surface area (Å²) in [4.78, 5) is 11.9. The van der Waals surface area contributed by atoms with Gasteiger partial charge >= 0.3 is 6.03 Å². The van der Waals surface area contributed by atoms with E-state index in [9.17, 15) is 13.2 Å². The molecule has 2 amide bonds. The van der Waals surface area contributed by atoms with E-state index in [2.05, 4.69) is 10.6 Å². The van der Waals surface area contributed by atoms with Gasteiger partial charge in [0.15, 0.2) is 9.84 Å². The van der Waals surface area contributed by atoms with Crippen LogP contribution in [0.3, 0.4) is 0 Å². The van der Waals surface area contributed by atoms with Crippen molar-refractivity contribution in [3.63, 3.8) is 0 Å². The number of furan rings is 1. The summed E-state index contributed by atoms with van der Waals surface area (Å²) in [5, 5.41) is 6.54. The molecule has 3 rings (SSSR count). The Morgan fingerprint density at radius 1 is 1.39 bits per heavy atom. The van der Waals surface area contributed by atoms with Crippen molar-refractivity contribution >= 4 is 26.8 Å². The largest absolute Gasteiger partial charge is 0.459 e. The van der Waals surface area contributed by atoms with Crippen molar-refractivity contribution in [2.75, 3.05) is 18.1 Å². The van der Waals surface area contributed by atoms with Crippen LogP contribution >= 0.6 is 0 Å². The first-order chi connectivity index (χ1) is 10.9. The maximum Gasteiger partial charge on any atom is 0.315 e. The van der Waals surface area contributed by atoms with Gasteiger partial charge in [0.05, 0.1) is 17.5 Å². The van der Waals surface area contributed by atoms with Crippen LogP contribution in [0, 0.1) is 5.92 Å². The molecule has 0 unspecified atom stereocenters. The number of rotatable bonds is 4. The highest BCUT2D eigenvalue weighted by Gasteiger charge is 2.28. The number of benzene rings is 1. The van der Waals surface area contributed by atoms with Crippen LogP contribution in [0.25, 0.3) is 11.0 Å². The minimum atomic E-state index is -2.91. The van der Waals surface area contributed by atoms with E-state index in [0.717, 1.165) is 11.0 Å². The smallest absolute Gasteiger partial charge is 0.315 e. The Morgan fingerprint density at radius 2 is 2.17 bits per heavy atom. The Balaban J connectivity index is 1.53. The second-order valence-electron chi connectivity index (χ2n) is 6.03. The van der Waals surface area contributed by atoms with E-state index in [1.165, 1.54) is 0 Å². The number of sulfone groups is 1. The zero-order chi connectivity index (χ0) is 16.4. The summed E-state index contributed by atoms with van der Waals surface area (Å²) in [7, 11) is -2.91. The Labute approximate surface area is 135 Å². The van der Waals surface area contributed by atoms with E-state index in [-0.39, 0.29) is 29.5 Å². The number of carbonyl (C=O) groups is 1. The third-order valence-corrected chi connectivity index (χ3v) is 5.93. The van der Waals surface area contributed by atoms with Gasteiger partial charge < -0.3 is 15.1 Å². The maximum absolute atomic E-state index is 11.9. The van der Waals surface area contributed by atoms with Crippen molar-refractivity contribution in [1.29, 1.82) is 0 Å². The Morgan fingerprint density at radius 3 is 2.87 bits per heavy atom. The van der Waals surface area contributed by atoms with Gasteiger partial charge in [-0.2, -0.15) is 0 Å². The summed E-state index contributed by atoms with van der Waals surface area (Å²) in [5.41, 5.74) is 0.785. The molecule has 1 saturated heterocycles. The topological polar surface area (TPSA) is 88.4 Å². The molecule has 1 fully saturated rings. The maximum atomic E-state index is 11.9. The minimum absolute atomic E-state index is 0.00672. The standard InChI is InChI=1S/C16H20N2O4S/c1-11(15-8-13-4-2-3-5-14(13)22-15)18-16(19)17-9-12-6-7-23(20,21)10-12/h2-5,8,11-12H,6-7,9-10H2,1H3,(H2,17,18,19)/t11-,12+/m0/s1. The molecule has 1 aromatic heterocycles. The molecule has 124 valence electrons. The number of para-hydroxylation sites is 1. The molecular weight excluding hydrogens is 316 g/mol. The predicted molar refractivity (Wildman–Crippen MR) is 87.9 cm³/mol. The van der Waals surface area contributed by atoms with E-state index in [4.69, 9.17) is 4.42 Å². The number of fused-ring (bicyclic) bond motifs is 1. The third kappa shape index (κ3) is 3.85. The number of amides is 2. The van der Waals surface area contributed by atoms with E-state index in [1.54, 1.807) is 0 Å². The summed E-state index contributed by atoms with van der Waals surface area (Å²) >= 11 is 0. The second kappa shape index (κ2) is 6.23. The number of nitrogens with one attached hydrogen (secondary N) is 2. The third-order valence-electron chi connectivity index (χ3n) is 4.10. The summed E-state index contributed by atoms with van der Waals surface area (Å²) in [5.74, 6) is 1.07. The average Bonchev–Trinajstić information content (AvgIpc) is 3.08. The highest BCUT2D eigenvalue weighted by atomic mass is 32.2. The Bertz CT molecular complexity index is 779. The van der Waals surface area contributed by atoms with Crippen LogP contribution in [-0.2, 0) is 9.84 Å². The van der Waals surface area contributed by atoms with Crippen LogP contribution in [0.4, 0.5) is 4.79 Å². The molecule has 1 aromatic carbocycles. The van der Waals surface area contributed by atoms with Crippen LogP contribution < -0.4 is 10.6 Å². The Kier molecular flexibility index (Phi) is 4.30. The van der Waals surface area contributed by atoms with Gasteiger partial charge in [-0.25, -0.2) is 13.2 Å². The molecular formula is C16H20N2O4S. The first kappa shape index (κ1) is 15.9. The lowest BCUT2D eigenvalue weighted by Crippen LogP contribution is -2.39.